The molecule has 0 unspecified atom stereocenters. The number of nitrogens with zero attached hydrogens (tertiary/aromatic N) is 2. The molecule has 4 atom stereocenters. The van der Waals surface area contributed by atoms with Crippen LogP contribution in [0.4, 0.5) is 9.59 Å². The minimum absolute atomic E-state index is 0.107. The highest BCUT2D eigenvalue weighted by atomic mass is 28.4. The molecule has 0 N–H and O–H groups in total. The average Bonchev–Trinajstić information content (AvgIpc) is 0.953. The van der Waals surface area contributed by atoms with Gasteiger partial charge in [-0.1, -0.05) is 248 Å². The molecule has 0 radical (unpaired) electrons. The van der Waals surface area contributed by atoms with Crippen LogP contribution in [0.1, 0.15) is 122 Å². The van der Waals surface area contributed by atoms with Crippen molar-refractivity contribution in [3.05, 3.63) is 264 Å². The Morgan fingerprint density at radius 1 is 0.398 bits per heavy atom. The fourth-order valence-corrected chi connectivity index (χ4v) is 22.0. The minimum atomic E-state index is -2.80. The summed E-state index contributed by atoms with van der Waals surface area (Å²) in [4.78, 5) is 55.0. The van der Waals surface area contributed by atoms with E-state index in [-0.39, 0.29) is 59.8 Å². The minimum Gasteiger partial charge on any atom is -0.465 e. The van der Waals surface area contributed by atoms with E-state index in [1.165, 1.54) is 35.0 Å². The first-order chi connectivity index (χ1) is 42.4. The molecule has 2 aliphatic rings. The van der Waals surface area contributed by atoms with Gasteiger partial charge in [-0.15, -0.1) is 0 Å². The first kappa shape index (κ1) is 64.1. The number of methoxy groups -OCH3 is 2. The highest BCUT2D eigenvalue weighted by molar-refractivity contribution is 7.00. The summed E-state index contributed by atoms with van der Waals surface area (Å²) >= 11 is 0. The Kier molecular flexibility index (Phi) is 21.2. The monoisotopic (exact) mass is 1210 g/mol. The summed E-state index contributed by atoms with van der Waals surface area (Å²) in [6, 6.07) is 75.9. The Labute approximate surface area is 521 Å². The van der Waals surface area contributed by atoms with Crippen LogP contribution in [0.15, 0.2) is 231 Å². The van der Waals surface area contributed by atoms with Gasteiger partial charge in [-0.25, -0.2) is 19.2 Å². The number of esters is 2. The lowest BCUT2D eigenvalue weighted by atomic mass is 9.93. The summed E-state index contributed by atoms with van der Waals surface area (Å²) < 4.78 is 36.4. The average molecular weight is 1220 g/mol. The molecular formula is C74H82N2O10Si2. The third-order valence-electron chi connectivity index (χ3n) is 16.9. The maximum Gasteiger partial charge on any atom is 0.410 e. The number of piperidine rings is 2. The molecule has 14 heteroatoms. The summed E-state index contributed by atoms with van der Waals surface area (Å²) in [6.45, 7) is 15.0. The van der Waals surface area contributed by atoms with Gasteiger partial charge in [-0.05, 0) is 103 Å². The van der Waals surface area contributed by atoms with E-state index < -0.39 is 28.6 Å². The number of rotatable bonds is 16. The zero-order chi connectivity index (χ0) is 62.3. The number of ether oxygens (including phenoxy) is 4. The lowest BCUT2D eigenvalue weighted by Gasteiger charge is -2.48. The number of amides is 2. The highest BCUT2D eigenvalue weighted by Crippen LogP contribution is 2.43. The largest absolute Gasteiger partial charge is 0.465 e. The van der Waals surface area contributed by atoms with Crippen LogP contribution in [0.2, 0.25) is 10.1 Å². The normalized spacial score (nSPS) is 17.1. The van der Waals surface area contributed by atoms with Crippen LogP contribution >= 0.6 is 0 Å². The fraction of sp³-hybridized carbons (Fsp3) is 0.297. The zero-order valence-corrected chi connectivity index (χ0v) is 53.9. The molecule has 2 heterocycles. The van der Waals surface area contributed by atoms with Crippen molar-refractivity contribution in [3.8, 4) is 0 Å². The van der Waals surface area contributed by atoms with E-state index >= 15 is 0 Å². The van der Waals surface area contributed by atoms with Gasteiger partial charge < -0.3 is 37.6 Å². The summed E-state index contributed by atoms with van der Waals surface area (Å²) in [7, 11) is -2.86. The number of likely N-dealkylation sites (tertiary alicyclic amines) is 2. The lowest BCUT2D eigenvalue weighted by molar-refractivity contribution is 0.0305. The lowest BCUT2D eigenvalue weighted by Crippen LogP contribution is -2.68. The Bertz CT molecular complexity index is 3200. The van der Waals surface area contributed by atoms with E-state index in [1.54, 1.807) is 34.1 Å². The van der Waals surface area contributed by atoms with Crippen LogP contribution in [-0.2, 0) is 41.0 Å². The third-order valence-corrected chi connectivity index (χ3v) is 27.1. The molecule has 2 fully saturated rings. The molecule has 0 spiro atoms. The van der Waals surface area contributed by atoms with Gasteiger partial charge in [0.05, 0.1) is 37.4 Å². The van der Waals surface area contributed by atoms with Gasteiger partial charge in [-0.2, -0.15) is 0 Å². The van der Waals surface area contributed by atoms with Gasteiger partial charge in [0.25, 0.3) is 16.6 Å². The van der Waals surface area contributed by atoms with Crippen LogP contribution in [0, 0.1) is 0 Å². The predicted molar refractivity (Wildman–Crippen MR) is 351 cm³/mol. The first-order valence-corrected chi connectivity index (χ1v) is 34.2. The first-order valence-electron chi connectivity index (χ1n) is 30.3. The fourth-order valence-electron chi connectivity index (χ4n) is 12.6. The van der Waals surface area contributed by atoms with E-state index in [4.69, 9.17) is 27.8 Å². The Morgan fingerprint density at radius 3 is 0.932 bits per heavy atom. The number of carbonyl (C=O) groups is 4. The Morgan fingerprint density at radius 2 is 0.670 bits per heavy atom. The second kappa shape index (κ2) is 29.1. The molecule has 2 aliphatic heterocycles. The van der Waals surface area contributed by atoms with Gasteiger partial charge >= 0.3 is 24.1 Å². The van der Waals surface area contributed by atoms with Crippen LogP contribution in [0.5, 0.6) is 0 Å². The Balaban J connectivity index is 0.000000209. The summed E-state index contributed by atoms with van der Waals surface area (Å²) in [6.07, 6.45) is 1.63. The quantitative estimate of drug-likeness (QED) is 0.0524. The van der Waals surface area contributed by atoms with Crippen molar-refractivity contribution in [2.45, 2.75) is 115 Å². The number of carbonyl (C=O) groups excluding carboxylic acids is 4. The van der Waals surface area contributed by atoms with Gasteiger partial charge in [0.1, 0.15) is 13.2 Å². The Hall–Kier alpha value is -8.41. The standard InChI is InChI=1S/2C37H41NO5Si/c2*1-37(2,3)44(32-16-10-6-11-17-32,33-18-12-7-13-19-33)43-31-24-25-38(36(40)42-27-28-14-8-5-9-15-28)34(26-31)29-20-22-30(23-21-29)35(39)41-4/h2*5-23,31,34H,24-27H2,1-4H3/t2*31-,34+/m10/s1. The van der Waals surface area contributed by atoms with Crippen LogP contribution in [0.3, 0.4) is 0 Å². The number of hydrogen-bond acceptors (Lipinski definition) is 10. The topological polar surface area (TPSA) is 130 Å². The van der Waals surface area contributed by atoms with Crippen molar-refractivity contribution < 1.29 is 47.0 Å². The summed E-state index contributed by atoms with van der Waals surface area (Å²) in [5.41, 5.74) is 4.64. The maximum atomic E-state index is 13.6. The van der Waals surface area contributed by atoms with Crippen molar-refractivity contribution in [3.63, 3.8) is 0 Å². The molecular weight excluding hydrogens is 1130 g/mol. The molecule has 8 aromatic carbocycles. The van der Waals surface area contributed by atoms with Gasteiger partial charge in [0.2, 0.25) is 0 Å². The molecule has 0 aromatic heterocycles. The van der Waals surface area contributed by atoms with Crippen LogP contribution in [0.25, 0.3) is 0 Å². The van der Waals surface area contributed by atoms with E-state index in [1.807, 2.05) is 109 Å². The van der Waals surface area contributed by atoms with E-state index in [0.717, 1.165) is 22.3 Å². The molecule has 12 nitrogen and oxygen atoms in total. The second-order valence-electron chi connectivity index (χ2n) is 24.6. The SMILES string of the molecule is COC(=O)c1ccc([C@@H]2C[C@H](O[Si](c3ccccc3)(c3ccccc3)C(C)(C)C)CCN2C(=O)OCc2ccccc2)cc1.COC(=O)c1ccc([C@H]2C[C@@H](O[Si](c3ccccc3)(c3ccccc3)C(C)(C)C)CCN2C(=O)OCc2ccccc2)cc1. The molecule has 456 valence electrons. The maximum absolute atomic E-state index is 13.6. The highest BCUT2D eigenvalue weighted by Gasteiger charge is 2.54. The zero-order valence-electron chi connectivity index (χ0n) is 51.9. The van der Waals surface area contributed by atoms with Crippen molar-refractivity contribution in [1.29, 1.82) is 0 Å². The van der Waals surface area contributed by atoms with Crippen LogP contribution < -0.4 is 20.7 Å². The molecule has 0 aliphatic carbocycles. The van der Waals surface area contributed by atoms with Crippen molar-refractivity contribution in [1.82, 2.24) is 9.80 Å². The van der Waals surface area contributed by atoms with E-state index in [9.17, 15) is 19.2 Å². The van der Waals surface area contributed by atoms with Crippen molar-refractivity contribution in [2.24, 2.45) is 0 Å². The van der Waals surface area contributed by atoms with Gasteiger partial charge in [0, 0.05) is 25.3 Å². The van der Waals surface area contributed by atoms with Gasteiger partial charge in [-0.3, -0.25) is 0 Å². The molecule has 10 rings (SSSR count). The predicted octanol–water partition coefficient (Wildman–Crippen LogP) is 13.8. The second-order valence-corrected chi connectivity index (χ2v) is 33.1. The summed E-state index contributed by atoms with van der Waals surface area (Å²) in [5, 5.41) is 4.56. The van der Waals surface area contributed by atoms with Crippen molar-refractivity contribution in [2.75, 3.05) is 27.3 Å². The third kappa shape index (κ3) is 14.8. The molecule has 88 heavy (non-hydrogen) atoms. The van der Waals surface area contributed by atoms with E-state index in [0.29, 0.717) is 49.9 Å². The van der Waals surface area contributed by atoms with Crippen molar-refractivity contribution >= 4 is 61.5 Å². The molecule has 8 aromatic rings. The molecule has 0 bridgehead atoms. The molecule has 2 saturated heterocycles. The van der Waals surface area contributed by atoms with E-state index in [2.05, 4.69) is 139 Å². The number of benzene rings is 8. The summed E-state index contributed by atoms with van der Waals surface area (Å²) in [5.74, 6) is -0.792. The van der Waals surface area contributed by atoms with Crippen LogP contribution in [-0.4, -0.2) is 90.1 Å². The molecule has 0 saturated carbocycles. The van der Waals surface area contributed by atoms with Gasteiger partial charge in [0.15, 0.2) is 0 Å². The number of hydrogen-bond donors (Lipinski definition) is 0. The smallest absolute Gasteiger partial charge is 0.410 e. The molecule has 2 amide bonds.